The number of hydrogen-bond acceptors (Lipinski definition) is 3. The number of imidazole rings is 1. The first-order valence-electron chi connectivity index (χ1n) is 8.61. The van der Waals surface area contributed by atoms with E-state index in [9.17, 15) is 9.59 Å². The predicted molar refractivity (Wildman–Crippen MR) is 96.7 cm³/mol. The van der Waals surface area contributed by atoms with Gasteiger partial charge in [0.25, 0.3) is 0 Å². The Morgan fingerprint density at radius 2 is 2.16 bits per heavy atom. The Balaban J connectivity index is 1.58. The number of nitrogens with zero attached hydrogens (tertiary/aromatic N) is 3. The van der Waals surface area contributed by atoms with Crippen molar-refractivity contribution >= 4 is 23.3 Å². The Bertz CT molecular complexity index is 742. The molecule has 0 unspecified atom stereocenters. The number of carbonyl (C=O) groups excluding carboxylic acids is 2. The van der Waals surface area contributed by atoms with Crippen molar-refractivity contribution in [3.63, 3.8) is 0 Å². The van der Waals surface area contributed by atoms with E-state index in [1.54, 1.807) is 12.5 Å². The summed E-state index contributed by atoms with van der Waals surface area (Å²) in [6, 6.07) is 5.48. The normalized spacial score (nSPS) is 13.5. The van der Waals surface area contributed by atoms with Gasteiger partial charge in [-0.3, -0.25) is 4.79 Å². The van der Waals surface area contributed by atoms with Gasteiger partial charge in [0.05, 0.1) is 6.33 Å². The van der Waals surface area contributed by atoms with Gasteiger partial charge in [0.15, 0.2) is 0 Å². The first-order valence-corrected chi connectivity index (χ1v) is 8.61. The van der Waals surface area contributed by atoms with Crippen LogP contribution in [0.3, 0.4) is 0 Å². The summed E-state index contributed by atoms with van der Waals surface area (Å²) < 4.78 is 1.90. The van der Waals surface area contributed by atoms with Crippen LogP contribution in [0.25, 0.3) is 0 Å². The molecule has 1 aromatic carbocycles. The van der Waals surface area contributed by atoms with Crippen molar-refractivity contribution in [3.05, 3.63) is 42.5 Å². The number of anilines is 2. The second kappa shape index (κ2) is 7.83. The van der Waals surface area contributed by atoms with Crippen LogP contribution in [0.5, 0.6) is 0 Å². The van der Waals surface area contributed by atoms with Gasteiger partial charge in [0.1, 0.15) is 0 Å². The quantitative estimate of drug-likeness (QED) is 0.847. The van der Waals surface area contributed by atoms with Crippen LogP contribution in [0.1, 0.15) is 25.3 Å². The number of fused-ring (bicyclic) bond motifs is 1. The summed E-state index contributed by atoms with van der Waals surface area (Å²) in [6.45, 7) is 3.98. The van der Waals surface area contributed by atoms with E-state index in [0.29, 0.717) is 25.9 Å². The zero-order valence-corrected chi connectivity index (χ0v) is 14.4. The van der Waals surface area contributed by atoms with E-state index in [2.05, 4.69) is 22.5 Å². The number of hydrogen-bond donors (Lipinski definition) is 2. The van der Waals surface area contributed by atoms with Crippen molar-refractivity contribution < 1.29 is 9.59 Å². The molecule has 2 N–H and O–H groups in total. The van der Waals surface area contributed by atoms with E-state index >= 15 is 0 Å². The molecular formula is C18H23N5O2. The summed E-state index contributed by atoms with van der Waals surface area (Å²) in [5.74, 6) is 0.173. The number of aryl methyl sites for hydroxylation is 1. The molecule has 2 aromatic rings. The van der Waals surface area contributed by atoms with Crippen molar-refractivity contribution in [1.82, 2.24) is 14.9 Å². The first kappa shape index (κ1) is 17.0. The van der Waals surface area contributed by atoms with Crippen molar-refractivity contribution in [3.8, 4) is 0 Å². The van der Waals surface area contributed by atoms with Gasteiger partial charge >= 0.3 is 6.03 Å². The maximum Gasteiger partial charge on any atom is 0.319 e. The molecule has 3 amide bonds. The van der Waals surface area contributed by atoms with Crippen LogP contribution in [-0.2, 0) is 17.8 Å². The largest absolute Gasteiger partial charge is 0.336 e. The topological polar surface area (TPSA) is 79.3 Å². The van der Waals surface area contributed by atoms with E-state index in [0.717, 1.165) is 29.9 Å². The second-order valence-electron chi connectivity index (χ2n) is 6.07. The fourth-order valence-electron chi connectivity index (χ4n) is 3.00. The minimum atomic E-state index is -0.239. The van der Waals surface area contributed by atoms with Gasteiger partial charge in [-0.2, -0.15) is 0 Å². The van der Waals surface area contributed by atoms with E-state index in [1.165, 1.54) is 0 Å². The van der Waals surface area contributed by atoms with Gasteiger partial charge in [-0.05, 0) is 36.6 Å². The lowest BCUT2D eigenvalue weighted by molar-refractivity contribution is -0.118. The minimum absolute atomic E-state index is 0.173. The summed E-state index contributed by atoms with van der Waals surface area (Å²) in [5, 5.41) is 5.67. The molecule has 3 rings (SSSR count). The van der Waals surface area contributed by atoms with Crippen molar-refractivity contribution in [2.24, 2.45) is 0 Å². The number of nitrogens with one attached hydrogen (secondary N) is 2. The first-order chi connectivity index (χ1) is 12.2. The van der Waals surface area contributed by atoms with Crippen LogP contribution in [0.4, 0.5) is 16.2 Å². The second-order valence-corrected chi connectivity index (χ2v) is 6.07. The summed E-state index contributed by atoms with van der Waals surface area (Å²) in [5.41, 5.74) is 2.80. The molecule has 7 heteroatoms. The van der Waals surface area contributed by atoms with E-state index in [4.69, 9.17) is 0 Å². The predicted octanol–water partition coefficient (Wildman–Crippen LogP) is 2.39. The smallest absolute Gasteiger partial charge is 0.319 e. The van der Waals surface area contributed by atoms with Crippen LogP contribution >= 0.6 is 0 Å². The number of carbonyl (C=O) groups is 2. The highest BCUT2D eigenvalue weighted by Gasteiger charge is 2.23. The molecule has 25 heavy (non-hydrogen) atoms. The molecule has 0 radical (unpaired) electrons. The molecule has 0 fully saturated rings. The Hall–Kier alpha value is -2.83. The van der Waals surface area contributed by atoms with Gasteiger partial charge < -0.3 is 20.1 Å². The molecule has 7 nitrogen and oxygen atoms in total. The Labute approximate surface area is 147 Å². The van der Waals surface area contributed by atoms with Crippen LogP contribution in [0.15, 0.2) is 36.9 Å². The highest BCUT2D eigenvalue weighted by molar-refractivity contribution is 5.97. The molecule has 0 atom stereocenters. The molecule has 0 spiro atoms. The lowest BCUT2D eigenvalue weighted by Crippen LogP contribution is -2.35. The van der Waals surface area contributed by atoms with Crippen LogP contribution in [0.2, 0.25) is 0 Å². The number of amides is 3. The van der Waals surface area contributed by atoms with E-state index < -0.39 is 0 Å². The Morgan fingerprint density at radius 3 is 2.92 bits per heavy atom. The fourth-order valence-corrected chi connectivity index (χ4v) is 3.00. The molecule has 0 aliphatic carbocycles. The van der Waals surface area contributed by atoms with Crippen molar-refractivity contribution in [2.45, 2.75) is 32.7 Å². The molecular weight excluding hydrogens is 318 g/mol. The molecule has 1 aromatic heterocycles. The SMILES string of the molecule is CCCN1C(=O)CCc2cc(NC(=O)NCCn3ccnc3)ccc21. The Morgan fingerprint density at radius 1 is 1.28 bits per heavy atom. The lowest BCUT2D eigenvalue weighted by Gasteiger charge is -2.29. The average Bonchev–Trinajstić information content (AvgIpc) is 3.11. The minimum Gasteiger partial charge on any atom is -0.336 e. The lowest BCUT2D eigenvalue weighted by atomic mass is 10.00. The van der Waals surface area contributed by atoms with Crippen molar-refractivity contribution in [1.29, 1.82) is 0 Å². The zero-order valence-electron chi connectivity index (χ0n) is 14.4. The molecule has 2 heterocycles. The van der Waals surface area contributed by atoms with Gasteiger partial charge in [-0.25, -0.2) is 9.78 Å². The third-order valence-electron chi connectivity index (χ3n) is 4.20. The molecule has 132 valence electrons. The fraction of sp³-hybridized carbons (Fsp3) is 0.389. The van der Waals surface area contributed by atoms with Crippen LogP contribution < -0.4 is 15.5 Å². The number of aromatic nitrogens is 2. The average molecular weight is 341 g/mol. The summed E-state index contributed by atoms with van der Waals surface area (Å²) in [7, 11) is 0. The maximum atomic E-state index is 12.1. The van der Waals surface area contributed by atoms with Gasteiger partial charge in [0, 0.05) is 49.8 Å². The highest BCUT2D eigenvalue weighted by atomic mass is 16.2. The maximum absolute atomic E-state index is 12.1. The molecule has 1 aliphatic heterocycles. The third kappa shape index (κ3) is 4.17. The van der Waals surface area contributed by atoms with E-state index in [-0.39, 0.29) is 11.9 Å². The standard InChI is InChI=1S/C18H23N5O2/c1-2-9-23-16-5-4-15(12-14(16)3-6-17(23)24)21-18(25)20-8-11-22-10-7-19-13-22/h4-5,7,10,12-13H,2-3,6,8-9,11H2,1H3,(H2,20,21,25). The number of benzene rings is 1. The molecule has 0 saturated heterocycles. The number of rotatable bonds is 6. The van der Waals surface area contributed by atoms with Gasteiger partial charge in [-0.15, -0.1) is 0 Å². The zero-order chi connectivity index (χ0) is 17.6. The van der Waals surface area contributed by atoms with Gasteiger partial charge in [-0.1, -0.05) is 6.92 Å². The molecule has 1 aliphatic rings. The number of urea groups is 1. The van der Waals surface area contributed by atoms with E-state index in [1.807, 2.05) is 33.9 Å². The van der Waals surface area contributed by atoms with Gasteiger partial charge in [0.2, 0.25) is 5.91 Å². The monoisotopic (exact) mass is 341 g/mol. The summed E-state index contributed by atoms with van der Waals surface area (Å²) >= 11 is 0. The van der Waals surface area contributed by atoms with Crippen molar-refractivity contribution in [2.75, 3.05) is 23.3 Å². The third-order valence-corrected chi connectivity index (χ3v) is 4.20. The Kier molecular flexibility index (Phi) is 5.33. The molecule has 0 bridgehead atoms. The summed E-state index contributed by atoms with van der Waals surface area (Å²) in [6.07, 6.45) is 7.43. The highest BCUT2D eigenvalue weighted by Crippen LogP contribution is 2.30. The van der Waals surface area contributed by atoms with Crippen LogP contribution in [0, 0.1) is 0 Å². The summed E-state index contributed by atoms with van der Waals surface area (Å²) in [4.78, 5) is 29.9. The van der Waals surface area contributed by atoms with Crippen LogP contribution in [-0.4, -0.2) is 34.6 Å². The molecule has 0 saturated carbocycles.